The number of hydrogen-bond acceptors (Lipinski definition) is 3. The zero-order valence-corrected chi connectivity index (χ0v) is 16.9. The molecule has 2 saturated heterocycles. The standard InChI is InChI=1S/C13H27N3.3C2H6/c1-14-13-5-9-16(10-6-13)11-12-3-7-15(2)8-4-12;3*1-2/h12-14H,3-11H2,1-2H3;3*1-2H3. The summed E-state index contributed by atoms with van der Waals surface area (Å²) in [6, 6.07) is 0.772. The fourth-order valence-corrected chi connectivity index (χ4v) is 3.01. The first-order valence-electron chi connectivity index (χ1n) is 9.86. The predicted octanol–water partition coefficient (Wildman–Crippen LogP) is 4.09. The molecule has 0 unspecified atom stereocenters. The van der Waals surface area contributed by atoms with Gasteiger partial charge >= 0.3 is 0 Å². The summed E-state index contributed by atoms with van der Waals surface area (Å²) in [5.41, 5.74) is 0. The van der Waals surface area contributed by atoms with Crippen molar-refractivity contribution in [1.29, 1.82) is 0 Å². The lowest BCUT2D eigenvalue weighted by Crippen LogP contribution is -2.44. The van der Waals surface area contributed by atoms with Gasteiger partial charge in [0.2, 0.25) is 0 Å². The number of piperidine rings is 2. The van der Waals surface area contributed by atoms with E-state index >= 15 is 0 Å². The summed E-state index contributed by atoms with van der Waals surface area (Å²) in [4.78, 5) is 5.15. The Kier molecular flexibility index (Phi) is 18.9. The van der Waals surface area contributed by atoms with Gasteiger partial charge in [-0.1, -0.05) is 41.5 Å². The first-order chi connectivity index (χ1) is 10.8. The van der Waals surface area contributed by atoms with Gasteiger partial charge in [0.25, 0.3) is 0 Å². The van der Waals surface area contributed by atoms with Crippen LogP contribution >= 0.6 is 0 Å². The highest BCUT2D eigenvalue weighted by Gasteiger charge is 2.22. The van der Waals surface area contributed by atoms with Crippen molar-refractivity contribution in [1.82, 2.24) is 15.1 Å². The van der Waals surface area contributed by atoms with E-state index in [2.05, 4.69) is 29.2 Å². The van der Waals surface area contributed by atoms with Gasteiger partial charge in [-0.05, 0) is 71.9 Å². The lowest BCUT2D eigenvalue weighted by atomic mass is 9.95. The van der Waals surface area contributed by atoms with Gasteiger partial charge in [0.05, 0.1) is 0 Å². The van der Waals surface area contributed by atoms with Crippen molar-refractivity contribution >= 4 is 0 Å². The Morgan fingerprint density at radius 1 is 0.773 bits per heavy atom. The second kappa shape index (κ2) is 17.2. The molecule has 0 radical (unpaired) electrons. The highest BCUT2D eigenvalue weighted by atomic mass is 15.2. The van der Waals surface area contributed by atoms with Crippen molar-refractivity contribution in [2.75, 3.05) is 46.8 Å². The second-order valence-corrected chi connectivity index (χ2v) is 5.61. The Bertz CT molecular complexity index is 193. The molecule has 0 bridgehead atoms. The van der Waals surface area contributed by atoms with E-state index in [0.29, 0.717) is 0 Å². The van der Waals surface area contributed by atoms with Crippen molar-refractivity contribution in [2.24, 2.45) is 5.92 Å². The smallest absolute Gasteiger partial charge is 0.00884 e. The van der Waals surface area contributed by atoms with E-state index in [4.69, 9.17) is 0 Å². The van der Waals surface area contributed by atoms with Gasteiger partial charge in [0.1, 0.15) is 0 Å². The molecule has 2 aliphatic heterocycles. The van der Waals surface area contributed by atoms with Crippen LogP contribution in [0.1, 0.15) is 67.2 Å². The largest absolute Gasteiger partial charge is 0.317 e. The minimum Gasteiger partial charge on any atom is -0.317 e. The SMILES string of the molecule is CC.CC.CC.CNC1CCN(CC2CCN(C)CC2)CC1. The van der Waals surface area contributed by atoms with E-state index in [9.17, 15) is 0 Å². The maximum Gasteiger partial charge on any atom is 0.00884 e. The van der Waals surface area contributed by atoms with Gasteiger partial charge in [-0.3, -0.25) is 0 Å². The van der Waals surface area contributed by atoms with Crippen LogP contribution in [0.5, 0.6) is 0 Å². The summed E-state index contributed by atoms with van der Waals surface area (Å²) in [6.07, 6.45) is 5.48. The van der Waals surface area contributed by atoms with Crippen LogP contribution in [0.25, 0.3) is 0 Å². The molecule has 2 aliphatic rings. The molecule has 0 amide bonds. The van der Waals surface area contributed by atoms with Crippen LogP contribution in [-0.2, 0) is 0 Å². The number of hydrogen-bond donors (Lipinski definition) is 1. The van der Waals surface area contributed by atoms with Crippen LogP contribution in [0.2, 0.25) is 0 Å². The third-order valence-corrected chi connectivity index (χ3v) is 4.35. The molecule has 0 aromatic carbocycles. The number of rotatable bonds is 3. The average Bonchev–Trinajstić information content (AvgIpc) is 2.63. The average molecular weight is 316 g/mol. The zero-order chi connectivity index (χ0) is 17.4. The molecule has 2 heterocycles. The molecule has 1 N–H and O–H groups in total. The quantitative estimate of drug-likeness (QED) is 0.846. The molecule has 22 heavy (non-hydrogen) atoms. The van der Waals surface area contributed by atoms with E-state index in [1.54, 1.807) is 0 Å². The Morgan fingerprint density at radius 3 is 1.64 bits per heavy atom. The third-order valence-electron chi connectivity index (χ3n) is 4.35. The van der Waals surface area contributed by atoms with Crippen molar-refractivity contribution in [3.63, 3.8) is 0 Å². The minimum atomic E-state index is 0.772. The van der Waals surface area contributed by atoms with E-state index in [0.717, 1.165) is 12.0 Å². The predicted molar refractivity (Wildman–Crippen MR) is 103 cm³/mol. The van der Waals surface area contributed by atoms with E-state index < -0.39 is 0 Å². The van der Waals surface area contributed by atoms with E-state index in [1.165, 1.54) is 58.4 Å². The zero-order valence-electron chi connectivity index (χ0n) is 16.9. The minimum absolute atomic E-state index is 0.772. The molecule has 3 heteroatoms. The number of nitrogens with zero attached hydrogens (tertiary/aromatic N) is 2. The van der Waals surface area contributed by atoms with E-state index in [1.807, 2.05) is 41.5 Å². The Hall–Kier alpha value is -0.120. The van der Waals surface area contributed by atoms with Crippen molar-refractivity contribution in [2.45, 2.75) is 73.3 Å². The first kappa shape index (κ1) is 24.1. The Labute approximate surface area is 141 Å². The van der Waals surface area contributed by atoms with Gasteiger partial charge in [0, 0.05) is 12.6 Å². The molecule has 0 aromatic heterocycles. The summed E-state index contributed by atoms with van der Waals surface area (Å²) in [7, 11) is 4.34. The van der Waals surface area contributed by atoms with Crippen LogP contribution in [0.15, 0.2) is 0 Å². The third kappa shape index (κ3) is 10.6. The topological polar surface area (TPSA) is 18.5 Å². The van der Waals surface area contributed by atoms with Crippen LogP contribution in [0.3, 0.4) is 0 Å². The van der Waals surface area contributed by atoms with Crippen LogP contribution < -0.4 is 5.32 Å². The van der Waals surface area contributed by atoms with Gasteiger partial charge < -0.3 is 15.1 Å². The highest BCUT2D eigenvalue weighted by Crippen LogP contribution is 2.19. The number of nitrogens with one attached hydrogen (secondary N) is 1. The molecule has 2 rings (SSSR count). The van der Waals surface area contributed by atoms with E-state index in [-0.39, 0.29) is 0 Å². The molecule has 0 aromatic rings. The molecular weight excluding hydrogens is 270 g/mol. The van der Waals surface area contributed by atoms with Crippen LogP contribution in [0.4, 0.5) is 0 Å². The molecule has 0 atom stereocenters. The van der Waals surface area contributed by atoms with Gasteiger partial charge in [-0.25, -0.2) is 0 Å². The first-order valence-corrected chi connectivity index (χ1v) is 9.86. The number of likely N-dealkylation sites (tertiary alicyclic amines) is 2. The van der Waals surface area contributed by atoms with Gasteiger partial charge in [-0.15, -0.1) is 0 Å². The fraction of sp³-hybridized carbons (Fsp3) is 1.00. The van der Waals surface area contributed by atoms with Gasteiger partial charge in [-0.2, -0.15) is 0 Å². The normalized spacial score (nSPS) is 20.7. The second-order valence-electron chi connectivity index (χ2n) is 5.61. The fourth-order valence-electron chi connectivity index (χ4n) is 3.01. The molecule has 0 aliphatic carbocycles. The van der Waals surface area contributed by atoms with Gasteiger partial charge in [0.15, 0.2) is 0 Å². The summed E-state index contributed by atoms with van der Waals surface area (Å²) < 4.78 is 0. The molecule has 0 saturated carbocycles. The summed E-state index contributed by atoms with van der Waals surface area (Å²) in [5.74, 6) is 0.960. The van der Waals surface area contributed by atoms with Crippen molar-refractivity contribution in [3.8, 4) is 0 Å². The summed E-state index contributed by atoms with van der Waals surface area (Å²) in [6.45, 7) is 18.6. The Morgan fingerprint density at radius 2 is 1.23 bits per heavy atom. The molecular formula is C19H45N3. The van der Waals surface area contributed by atoms with Crippen LogP contribution in [-0.4, -0.2) is 62.7 Å². The van der Waals surface area contributed by atoms with Crippen molar-refractivity contribution in [3.05, 3.63) is 0 Å². The lowest BCUT2D eigenvalue weighted by Gasteiger charge is -2.36. The summed E-state index contributed by atoms with van der Waals surface area (Å²) >= 11 is 0. The maximum atomic E-state index is 3.40. The monoisotopic (exact) mass is 315 g/mol. The maximum absolute atomic E-state index is 3.40. The summed E-state index contributed by atoms with van der Waals surface area (Å²) in [5, 5.41) is 3.40. The molecule has 0 spiro atoms. The molecule has 3 nitrogen and oxygen atoms in total. The molecule has 136 valence electrons. The molecule has 2 fully saturated rings. The highest BCUT2D eigenvalue weighted by molar-refractivity contribution is 4.79. The van der Waals surface area contributed by atoms with Crippen LogP contribution in [0, 0.1) is 5.92 Å². The Balaban J connectivity index is 0. The van der Waals surface area contributed by atoms with Crippen molar-refractivity contribution < 1.29 is 0 Å². The lowest BCUT2D eigenvalue weighted by molar-refractivity contribution is 0.135.